The second-order valence-electron chi connectivity index (χ2n) is 5.07. The maximum atomic E-state index is 10.8. The van der Waals surface area contributed by atoms with Crippen LogP contribution >= 0.6 is 22.6 Å². The number of hydrogen-bond donors (Lipinski definition) is 1. The molecule has 2 N–H and O–H groups in total. The molecule has 1 saturated heterocycles. The molecule has 2 unspecified atom stereocenters. The van der Waals surface area contributed by atoms with E-state index in [4.69, 9.17) is 5.73 Å². The minimum absolute atomic E-state index is 0.146. The van der Waals surface area contributed by atoms with Gasteiger partial charge in [-0.05, 0) is 60.9 Å². The summed E-state index contributed by atoms with van der Waals surface area (Å²) in [6, 6.07) is 5.53. The highest BCUT2D eigenvalue weighted by Crippen LogP contribution is 2.32. The minimum Gasteiger partial charge on any atom is -0.368 e. The zero-order chi connectivity index (χ0) is 14.0. The standard InChI is InChI=1S/C13H18IN3O2/c1-9-2-3-10(7-15)8-16(9)13-5-4-11(17(18)19)6-12(13)14/h4-6,9-10H,2-3,7-8,15H2,1H3. The molecule has 104 valence electrons. The molecule has 0 saturated carbocycles. The molecule has 0 aliphatic carbocycles. The SMILES string of the molecule is CC1CCC(CN)CN1c1ccc([N+](=O)[O-])cc1I. The molecule has 0 spiro atoms. The van der Waals surface area contributed by atoms with Gasteiger partial charge in [0.05, 0.1) is 10.6 Å². The number of non-ortho nitro benzene ring substituents is 1. The van der Waals surface area contributed by atoms with Gasteiger partial charge in [0.15, 0.2) is 0 Å². The third-order valence-electron chi connectivity index (χ3n) is 3.76. The van der Waals surface area contributed by atoms with E-state index in [9.17, 15) is 10.1 Å². The van der Waals surface area contributed by atoms with Gasteiger partial charge in [-0.1, -0.05) is 0 Å². The van der Waals surface area contributed by atoms with Gasteiger partial charge in [-0.3, -0.25) is 10.1 Å². The van der Waals surface area contributed by atoms with Gasteiger partial charge < -0.3 is 10.6 Å². The van der Waals surface area contributed by atoms with Gasteiger partial charge in [0.2, 0.25) is 0 Å². The van der Waals surface area contributed by atoms with E-state index < -0.39 is 0 Å². The number of nitrogens with zero attached hydrogens (tertiary/aromatic N) is 2. The van der Waals surface area contributed by atoms with Crippen LogP contribution in [0.15, 0.2) is 18.2 Å². The van der Waals surface area contributed by atoms with Gasteiger partial charge in [-0.25, -0.2) is 0 Å². The van der Waals surface area contributed by atoms with Crippen LogP contribution in [0, 0.1) is 19.6 Å². The van der Waals surface area contributed by atoms with E-state index in [-0.39, 0.29) is 10.6 Å². The van der Waals surface area contributed by atoms with E-state index in [1.165, 1.54) is 0 Å². The van der Waals surface area contributed by atoms with Gasteiger partial charge in [0, 0.05) is 28.3 Å². The Labute approximate surface area is 126 Å². The van der Waals surface area contributed by atoms with Crippen LogP contribution in [0.5, 0.6) is 0 Å². The van der Waals surface area contributed by atoms with Gasteiger partial charge in [0.1, 0.15) is 0 Å². The Kier molecular flexibility index (Phi) is 4.62. The summed E-state index contributed by atoms with van der Waals surface area (Å²) in [5.41, 5.74) is 7.00. The van der Waals surface area contributed by atoms with Crippen molar-refractivity contribution in [3.8, 4) is 0 Å². The summed E-state index contributed by atoms with van der Waals surface area (Å²) in [5, 5.41) is 10.8. The number of nitro groups is 1. The Bertz CT molecular complexity index is 481. The van der Waals surface area contributed by atoms with Crippen LogP contribution in [0.2, 0.25) is 0 Å². The summed E-state index contributed by atoms with van der Waals surface area (Å²) >= 11 is 2.17. The van der Waals surface area contributed by atoms with Gasteiger partial charge in [-0.2, -0.15) is 0 Å². The molecule has 5 nitrogen and oxygen atoms in total. The highest BCUT2D eigenvalue weighted by Gasteiger charge is 2.26. The highest BCUT2D eigenvalue weighted by molar-refractivity contribution is 14.1. The first-order valence-electron chi connectivity index (χ1n) is 6.43. The molecule has 1 aromatic rings. The van der Waals surface area contributed by atoms with Crippen LogP contribution in [0.25, 0.3) is 0 Å². The lowest BCUT2D eigenvalue weighted by Crippen LogP contribution is -2.44. The summed E-state index contributed by atoms with van der Waals surface area (Å²) in [7, 11) is 0. The van der Waals surface area contributed by atoms with E-state index in [1.807, 2.05) is 6.07 Å². The van der Waals surface area contributed by atoms with Crippen molar-refractivity contribution in [3.63, 3.8) is 0 Å². The first-order chi connectivity index (χ1) is 9.02. The first-order valence-corrected chi connectivity index (χ1v) is 7.51. The molecule has 2 rings (SSSR count). The van der Waals surface area contributed by atoms with Crippen molar-refractivity contribution < 1.29 is 4.92 Å². The molecule has 0 bridgehead atoms. The minimum atomic E-state index is -0.353. The Morgan fingerprint density at radius 1 is 1.53 bits per heavy atom. The Morgan fingerprint density at radius 3 is 2.84 bits per heavy atom. The maximum Gasteiger partial charge on any atom is 0.270 e. The van der Waals surface area contributed by atoms with Crippen LogP contribution in [0.1, 0.15) is 19.8 Å². The molecule has 0 amide bonds. The largest absolute Gasteiger partial charge is 0.368 e. The lowest BCUT2D eigenvalue weighted by molar-refractivity contribution is -0.384. The summed E-state index contributed by atoms with van der Waals surface area (Å²) in [4.78, 5) is 12.7. The molecule has 19 heavy (non-hydrogen) atoms. The average molecular weight is 375 g/mol. The zero-order valence-corrected chi connectivity index (χ0v) is 13.0. The molecule has 2 atom stereocenters. The number of piperidine rings is 1. The van der Waals surface area contributed by atoms with Gasteiger partial charge in [0.25, 0.3) is 5.69 Å². The van der Waals surface area contributed by atoms with Crippen LogP contribution in [0.3, 0.4) is 0 Å². The molecule has 0 radical (unpaired) electrons. The topological polar surface area (TPSA) is 72.4 Å². The highest BCUT2D eigenvalue weighted by atomic mass is 127. The first kappa shape index (κ1) is 14.5. The number of anilines is 1. The quantitative estimate of drug-likeness (QED) is 0.501. The van der Waals surface area contributed by atoms with Crippen LogP contribution in [-0.4, -0.2) is 24.1 Å². The van der Waals surface area contributed by atoms with Crippen LogP contribution in [0.4, 0.5) is 11.4 Å². The van der Waals surface area contributed by atoms with Gasteiger partial charge >= 0.3 is 0 Å². The molecule has 1 heterocycles. The van der Waals surface area contributed by atoms with Crippen molar-refractivity contribution in [1.82, 2.24) is 0 Å². The van der Waals surface area contributed by atoms with Crippen molar-refractivity contribution in [1.29, 1.82) is 0 Å². The lowest BCUT2D eigenvalue weighted by Gasteiger charge is -2.39. The van der Waals surface area contributed by atoms with E-state index in [2.05, 4.69) is 34.4 Å². The van der Waals surface area contributed by atoms with Gasteiger partial charge in [-0.15, -0.1) is 0 Å². The van der Waals surface area contributed by atoms with Crippen molar-refractivity contribution in [2.24, 2.45) is 11.7 Å². The fourth-order valence-electron chi connectivity index (χ4n) is 2.55. The predicted octanol–water partition coefficient (Wildman–Crippen LogP) is 2.76. The smallest absolute Gasteiger partial charge is 0.270 e. The molecular formula is C13H18IN3O2. The number of halogens is 1. The van der Waals surface area contributed by atoms with Crippen molar-refractivity contribution in [3.05, 3.63) is 31.9 Å². The number of rotatable bonds is 3. The zero-order valence-electron chi connectivity index (χ0n) is 10.9. The predicted molar refractivity (Wildman–Crippen MR) is 84.4 cm³/mol. The number of hydrogen-bond acceptors (Lipinski definition) is 4. The third-order valence-corrected chi connectivity index (χ3v) is 4.63. The Balaban J connectivity index is 2.27. The summed E-state index contributed by atoms with van der Waals surface area (Å²) in [5.74, 6) is 0.516. The van der Waals surface area contributed by atoms with Crippen molar-refractivity contribution in [2.45, 2.75) is 25.8 Å². The Hall–Kier alpha value is -0.890. The van der Waals surface area contributed by atoms with Crippen molar-refractivity contribution in [2.75, 3.05) is 18.0 Å². The maximum absolute atomic E-state index is 10.8. The lowest BCUT2D eigenvalue weighted by atomic mass is 9.93. The summed E-state index contributed by atoms with van der Waals surface area (Å²) < 4.78 is 0.927. The molecule has 6 heteroatoms. The normalized spacial score (nSPS) is 23.4. The second-order valence-corrected chi connectivity index (χ2v) is 6.24. The Morgan fingerprint density at radius 2 is 2.26 bits per heavy atom. The molecule has 1 aliphatic rings. The van der Waals surface area contributed by atoms with Crippen LogP contribution in [-0.2, 0) is 0 Å². The van der Waals surface area contributed by atoms with E-state index in [1.54, 1.807) is 12.1 Å². The second kappa shape index (κ2) is 6.04. The molecule has 1 aliphatic heterocycles. The van der Waals surface area contributed by atoms with E-state index in [0.29, 0.717) is 18.5 Å². The molecular weight excluding hydrogens is 357 g/mol. The number of nitro benzene ring substituents is 1. The molecule has 1 aromatic carbocycles. The number of nitrogens with two attached hydrogens (primary N) is 1. The summed E-state index contributed by atoms with van der Waals surface area (Å²) in [6.45, 7) is 3.84. The molecule has 1 fully saturated rings. The number of benzene rings is 1. The fraction of sp³-hybridized carbons (Fsp3) is 0.538. The monoisotopic (exact) mass is 375 g/mol. The third kappa shape index (κ3) is 3.17. The van der Waals surface area contributed by atoms with Crippen molar-refractivity contribution >= 4 is 34.0 Å². The average Bonchev–Trinajstić information content (AvgIpc) is 2.39. The van der Waals surface area contributed by atoms with E-state index in [0.717, 1.165) is 28.6 Å². The molecule has 0 aromatic heterocycles. The van der Waals surface area contributed by atoms with Crippen LogP contribution < -0.4 is 10.6 Å². The summed E-state index contributed by atoms with van der Waals surface area (Å²) in [6.07, 6.45) is 2.28. The fourth-order valence-corrected chi connectivity index (χ4v) is 3.36. The van der Waals surface area contributed by atoms with E-state index >= 15 is 0 Å².